The maximum absolute atomic E-state index is 2.64. The summed E-state index contributed by atoms with van der Waals surface area (Å²) in [4.78, 5) is 2.64. The highest BCUT2D eigenvalue weighted by molar-refractivity contribution is 7.27. The Morgan fingerprint density at radius 1 is 0.552 bits per heavy atom. The zero-order valence-corrected chi connectivity index (χ0v) is 33.5. The van der Waals surface area contributed by atoms with Gasteiger partial charge in [-0.05, 0) is 90.9 Å². The monoisotopic (exact) mass is 778 g/mol. The van der Waals surface area contributed by atoms with E-state index in [0.717, 1.165) is 12.8 Å². The van der Waals surface area contributed by atoms with Crippen LogP contribution in [0.15, 0.2) is 170 Å². The van der Waals surface area contributed by atoms with Crippen molar-refractivity contribution in [2.75, 3.05) is 4.90 Å². The van der Waals surface area contributed by atoms with Gasteiger partial charge >= 0.3 is 0 Å². The number of aromatic nitrogens is 1. The molecule has 0 N–H and O–H groups in total. The summed E-state index contributed by atoms with van der Waals surface area (Å²) in [5.74, 6) is 0.192. The van der Waals surface area contributed by atoms with Crippen LogP contribution < -0.4 is 4.90 Å². The van der Waals surface area contributed by atoms with E-state index in [-0.39, 0.29) is 12.0 Å². The van der Waals surface area contributed by atoms with Crippen LogP contribution in [0.2, 0.25) is 0 Å². The molecule has 276 valence electrons. The number of fused-ring (bicyclic) bond motifs is 12. The van der Waals surface area contributed by atoms with Crippen molar-refractivity contribution in [3.63, 3.8) is 0 Å². The smallest absolute Gasteiger partial charge is 0.0635 e. The number of hydrogen-bond acceptors (Lipinski definition) is 3. The van der Waals surface area contributed by atoms with Gasteiger partial charge in [-0.15, -0.1) is 22.7 Å². The van der Waals surface area contributed by atoms with E-state index in [1.54, 1.807) is 0 Å². The second-order valence-electron chi connectivity index (χ2n) is 16.2. The van der Waals surface area contributed by atoms with Gasteiger partial charge in [0.25, 0.3) is 0 Å². The molecule has 4 heteroatoms. The van der Waals surface area contributed by atoms with Crippen LogP contribution in [0.5, 0.6) is 0 Å². The molecule has 13 rings (SSSR count). The molecule has 2 atom stereocenters. The summed E-state index contributed by atoms with van der Waals surface area (Å²) in [5.41, 5.74) is 13.3. The zero-order chi connectivity index (χ0) is 37.9. The van der Waals surface area contributed by atoms with E-state index in [0.29, 0.717) is 0 Å². The number of nitrogens with zero attached hydrogens (tertiary/aromatic N) is 2. The molecule has 3 aliphatic rings. The summed E-state index contributed by atoms with van der Waals surface area (Å²) in [6, 6.07) is 55.3. The summed E-state index contributed by atoms with van der Waals surface area (Å²) in [6.45, 7) is 0. The maximum Gasteiger partial charge on any atom is 0.0635 e. The number of hydrogen-bond donors (Lipinski definition) is 0. The number of benzene rings is 7. The molecule has 4 heterocycles. The predicted octanol–water partition coefficient (Wildman–Crippen LogP) is 15.9. The van der Waals surface area contributed by atoms with Crippen molar-refractivity contribution in [2.45, 2.75) is 37.6 Å². The van der Waals surface area contributed by atoms with Crippen LogP contribution in [0.4, 0.5) is 11.4 Å². The second kappa shape index (κ2) is 12.6. The Balaban J connectivity index is 0.994. The Morgan fingerprint density at radius 2 is 1.28 bits per heavy atom. The lowest BCUT2D eigenvalue weighted by molar-refractivity contribution is 0.724. The van der Waals surface area contributed by atoms with E-state index in [1.165, 1.54) is 120 Å². The van der Waals surface area contributed by atoms with Crippen LogP contribution in [0, 0.1) is 0 Å². The first-order chi connectivity index (χ1) is 28.8. The summed E-state index contributed by atoms with van der Waals surface area (Å²) in [5, 5.41) is 8.01. The van der Waals surface area contributed by atoms with Crippen LogP contribution >= 0.6 is 22.7 Å². The molecule has 58 heavy (non-hydrogen) atoms. The molecule has 0 spiro atoms. The van der Waals surface area contributed by atoms with Gasteiger partial charge in [-0.2, -0.15) is 0 Å². The van der Waals surface area contributed by atoms with E-state index in [9.17, 15) is 0 Å². The molecule has 0 saturated carbocycles. The van der Waals surface area contributed by atoms with Crippen molar-refractivity contribution in [1.29, 1.82) is 0 Å². The summed E-state index contributed by atoms with van der Waals surface area (Å²) in [7, 11) is 0. The fourth-order valence-corrected chi connectivity index (χ4v) is 13.0. The van der Waals surface area contributed by atoms with E-state index >= 15 is 0 Å². The number of rotatable bonds is 4. The lowest BCUT2D eigenvalue weighted by Crippen LogP contribution is -2.30. The van der Waals surface area contributed by atoms with E-state index < -0.39 is 0 Å². The third-order valence-electron chi connectivity index (χ3n) is 13.1. The quantitative estimate of drug-likeness (QED) is 0.173. The Bertz CT molecular complexity index is 3440. The SMILES string of the molecule is C1=CC2C(C(c3ccc4c(c3)c3ccccc3n4C3=CCCCC3)=C1)c1ccccc1N2c1cc(-c2cccc3c2sc2ccccc23)c2sc3ccccc3c2c1. The van der Waals surface area contributed by atoms with Gasteiger partial charge in [0.15, 0.2) is 0 Å². The largest absolute Gasteiger partial charge is 0.333 e. The predicted molar refractivity (Wildman–Crippen MR) is 252 cm³/mol. The van der Waals surface area contributed by atoms with Gasteiger partial charge in [0.05, 0.1) is 17.1 Å². The molecule has 0 saturated heterocycles. The highest BCUT2D eigenvalue weighted by Crippen LogP contribution is 2.55. The minimum Gasteiger partial charge on any atom is -0.333 e. The highest BCUT2D eigenvalue weighted by atomic mass is 32.1. The second-order valence-corrected chi connectivity index (χ2v) is 18.3. The van der Waals surface area contributed by atoms with Crippen LogP contribution in [-0.2, 0) is 0 Å². The number of thiophene rings is 2. The van der Waals surface area contributed by atoms with Gasteiger partial charge in [0.2, 0.25) is 0 Å². The molecule has 2 unspecified atom stereocenters. The normalized spacial score (nSPS) is 17.8. The van der Waals surface area contributed by atoms with E-state index in [1.807, 2.05) is 22.7 Å². The van der Waals surface area contributed by atoms with Crippen molar-refractivity contribution in [3.05, 3.63) is 181 Å². The molecule has 10 aromatic rings. The maximum atomic E-state index is 2.64. The van der Waals surface area contributed by atoms with E-state index in [2.05, 4.69) is 179 Å². The van der Waals surface area contributed by atoms with Crippen LogP contribution in [0.1, 0.15) is 42.7 Å². The number of allylic oxidation sites excluding steroid dienone is 4. The number of anilines is 2. The van der Waals surface area contributed by atoms with Gasteiger partial charge < -0.3 is 9.47 Å². The van der Waals surface area contributed by atoms with Crippen molar-refractivity contribution in [2.24, 2.45) is 0 Å². The summed E-state index contributed by atoms with van der Waals surface area (Å²) < 4.78 is 7.93. The molecule has 2 nitrogen and oxygen atoms in total. The molecular weight excluding hydrogens is 741 g/mol. The molecule has 0 radical (unpaired) electrons. The fraction of sp³-hybridized carbons (Fsp3) is 0.111. The zero-order valence-electron chi connectivity index (χ0n) is 31.9. The average molecular weight is 779 g/mol. The fourth-order valence-electron chi connectivity index (χ4n) is 10.6. The standard InChI is InChI=1S/C54H38N2S2/c1-2-14-34(15-3-1)55-46-23-8-4-16-37(46)43-30-33(28-29-48(43)55)36-20-13-25-49-52(36)42-19-5-9-24-47(42)56(49)35-31-44-39-18-7-11-27-51(39)58-54(44)45(32-35)41-22-12-21-40-38-17-6-10-26-50(38)57-53(40)41/h4-14,16-32,49,52H,1-3,15H2. The van der Waals surface area contributed by atoms with Crippen molar-refractivity contribution in [1.82, 2.24) is 4.57 Å². The topological polar surface area (TPSA) is 8.17 Å². The van der Waals surface area contributed by atoms with Crippen LogP contribution in [-0.4, -0.2) is 10.6 Å². The molecule has 7 aromatic carbocycles. The van der Waals surface area contributed by atoms with Gasteiger partial charge in [-0.1, -0.05) is 121 Å². The van der Waals surface area contributed by atoms with E-state index in [4.69, 9.17) is 0 Å². The minimum absolute atomic E-state index is 0.136. The first-order valence-corrected chi connectivity index (χ1v) is 22.3. The third-order valence-corrected chi connectivity index (χ3v) is 15.5. The number of para-hydroxylation sites is 2. The first kappa shape index (κ1) is 32.8. The Labute approximate surface area is 344 Å². The third kappa shape index (κ3) is 4.70. The van der Waals surface area contributed by atoms with Gasteiger partial charge in [0, 0.05) is 85.2 Å². The minimum atomic E-state index is 0.136. The first-order valence-electron chi connectivity index (χ1n) is 20.6. The van der Waals surface area contributed by atoms with Gasteiger partial charge in [-0.3, -0.25) is 0 Å². The van der Waals surface area contributed by atoms with Crippen LogP contribution in [0.25, 0.3) is 84.5 Å². The molecular formula is C54H38N2S2. The Morgan fingerprint density at radius 3 is 2.12 bits per heavy atom. The van der Waals surface area contributed by atoms with Crippen molar-refractivity contribution < 1.29 is 0 Å². The van der Waals surface area contributed by atoms with Crippen LogP contribution in [0.3, 0.4) is 0 Å². The molecule has 3 aromatic heterocycles. The molecule has 1 aliphatic heterocycles. The molecule has 0 amide bonds. The van der Waals surface area contributed by atoms with Crippen molar-refractivity contribution in [3.8, 4) is 11.1 Å². The van der Waals surface area contributed by atoms with Gasteiger partial charge in [0.1, 0.15) is 0 Å². The molecule has 0 fully saturated rings. The summed E-state index contributed by atoms with van der Waals surface area (Å²) >= 11 is 3.85. The Kier molecular flexibility index (Phi) is 7.16. The lowest BCUT2D eigenvalue weighted by atomic mass is 9.80. The van der Waals surface area contributed by atoms with Crippen molar-refractivity contribution >= 4 is 107 Å². The molecule has 0 bridgehead atoms. The van der Waals surface area contributed by atoms with Gasteiger partial charge in [-0.25, -0.2) is 0 Å². The summed E-state index contributed by atoms with van der Waals surface area (Å²) in [6.07, 6.45) is 14.4. The lowest BCUT2D eigenvalue weighted by Gasteiger charge is -2.32. The average Bonchev–Trinajstić information content (AvgIpc) is 4.04. The Hall–Kier alpha value is -6.20. The molecule has 2 aliphatic carbocycles. The highest BCUT2D eigenvalue weighted by Gasteiger charge is 2.41.